The number of nitrogens with zero attached hydrogens (tertiary/aromatic N) is 1. The molecule has 1 aliphatic rings. The van der Waals surface area contributed by atoms with E-state index in [0.717, 1.165) is 23.3 Å². The minimum Gasteiger partial charge on any atom is -0.497 e. The van der Waals surface area contributed by atoms with Crippen molar-refractivity contribution in [2.75, 3.05) is 7.11 Å². The molecule has 0 aliphatic carbocycles. The number of hydrogen-bond donors (Lipinski definition) is 0. The van der Waals surface area contributed by atoms with Gasteiger partial charge >= 0.3 is 0 Å². The van der Waals surface area contributed by atoms with Gasteiger partial charge in [-0.3, -0.25) is 0 Å². The summed E-state index contributed by atoms with van der Waals surface area (Å²) in [6.45, 7) is 0. The lowest BCUT2D eigenvalue weighted by atomic mass is 10.2. The average Bonchev–Trinajstić information content (AvgIpc) is 2.78. The number of halogens is 3. The number of benzene rings is 1. The van der Waals surface area contributed by atoms with Crippen LogP contribution in [0.4, 0.5) is 0 Å². The highest BCUT2D eigenvalue weighted by Gasteiger charge is 2.39. The maximum Gasteiger partial charge on any atom is 0.238 e. The molecule has 0 radical (unpaired) electrons. The maximum atomic E-state index is 5.73. The highest BCUT2D eigenvalue weighted by atomic mass is 35.6. The van der Waals surface area contributed by atoms with E-state index in [-0.39, 0.29) is 0 Å². The van der Waals surface area contributed by atoms with E-state index in [4.69, 9.17) is 44.3 Å². The second-order valence-electron chi connectivity index (χ2n) is 3.22. The average molecular weight is 313 g/mol. The largest absolute Gasteiger partial charge is 0.497 e. The van der Waals surface area contributed by atoms with Crippen molar-refractivity contribution in [3.8, 4) is 5.75 Å². The molecule has 1 aliphatic heterocycles. The van der Waals surface area contributed by atoms with Crippen LogP contribution >= 0.6 is 46.8 Å². The van der Waals surface area contributed by atoms with Gasteiger partial charge in [0, 0.05) is 17.5 Å². The van der Waals surface area contributed by atoms with Gasteiger partial charge in [-0.25, -0.2) is 0 Å². The predicted octanol–water partition coefficient (Wildman–Crippen LogP) is 3.82. The molecule has 0 bridgehead atoms. The molecule has 0 fully saturated rings. The Labute approximate surface area is 118 Å². The number of hydrogen-bond acceptors (Lipinski definition) is 4. The third-order valence-electron chi connectivity index (χ3n) is 2.05. The molecule has 1 atom stereocenters. The van der Waals surface area contributed by atoms with Crippen LogP contribution in [0.5, 0.6) is 5.75 Å². The fourth-order valence-electron chi connectivity index (χ4n) is 1.22. The lowest BCUT2D eigenvalue weighted by molar-refractivity contribution is 0.290. The minimum atomic E-state index is -1.50. The van der Waals surface area contributed by atoms with Crippen molar-refractivity contribution in [1.29, 1.82) is 0 Å². The monoisotopic (exact) mass is 311 g/mol. The third-order valence-corrected chi connectivity index (χ3v) is 3.95. The van der Waals surface area contributed by atoms with Gasteiger partial charge in [0.05, 0.1) is 7.11 Å². The molecule has 1 aromatic carbocycles. The smallest absolute Gasteiger partial charge is 0.238 e. The molecule has 0 aromatic heterocycles. The van der Waals surface area contributed by atoms with Crippen LogP contribution in [0.15, 0.2) is 28.7 Å². The van der Waals surface area contributed by atoms with Crippen molar-refractivity contribution in [2.45, 2.75) is 9.23 Å². The lowest BCUT2D eigenvalue weighted by Gasteiger charge is -2.17. The van der Waals surface area contributed by atoms with E-state index in [1.165, 1.54) is 0 Å². The van der Waals surface area contributed by atoms with E-state index in [2.05, 4.69) is 4.40 Å². The van der Waals surface area contributed by atoms with Crippen molar-refractivity contribution in [3.63, 3.8) is 0 Å². The maximum absolute atomic E-state index is 5.73. The van der Waals surface area contributed by atoms with E-state index in [9.17, 15) is 0 Å². The van der Waals surface area contributed by atoms with Crippen LogP contribution < -0.4 is 4.74 Å². The molecule has 1 unspecified atom stereocenters. The Hall–Kier alpha value is -0.290. The second-order valence-corrected chi connectivity index (χ2v) is 6.41. The molecule has 2 rings (SSSR count). The first-order chi connectivity index (χ1) is 8.00. The van der Waals surface area contributed by atoms with E-state index < -0.39 is 9.23 Å². The Morgan fingerprint density at radius 3 is 2.41 bits per heavy atom. The quantitative estimate of drug-likeness (QED) is 0.614. The SMILES string of the molecule is COc1ccc(C2=NSC(C(Cl)(Cl)Cl)O2)cc1. The lowest BCUT2D eigenvalue weighted by Crippen LogP contribution is -2.24. The number of methoxy groups -OCH3 is 1. The van der Waals surface area contributed by atoms with Gasteiger partial charge in [0.15, 0.2) is 0 Å². The minimum absolute atomic E-state index is 0.453. The topological polar surface area (TPSA) is 30.8 Å². The molecule has 92 valence electrons. The number of rotatable bonds is 2. The van der Waals surface area contributed by atoms with Gasteiger partial charge in [-0.15, -0.1) is 0 Å². The van der Waals surface area contributed by atoms with Crippen molar-refractivity contribution in [1.82, 2.24) is 0 Å². The molecule has 1 aromatic rings. The first-order valence-corrected chi connectivity index (χ1v) is 6.59. The highest BCUT2D eigenvalue weighted by Crippen LogP contribution is 2.42. The summed E-state index contributed by atoms with van der Waals surface area (Å²) in [4.78, 5) is 0. The Morgan fingerprint density at radius 1 is 1.29 bits per heavy atom. The van der Waals surface area contributed by atoms with Gasteiger partial charge < -0.3 is 9.47 Å². The van der Waals surface area contributed by atoms with E-state index in [0.29, 0.717) is 5.90 Å². The summed E-state index contributed by atoms with van der Waals surface area (Å²) in [5, 5.41) is 0. The van der Waals surface area contributed by atoms with E-state index in [1.807, 2.05) is 24.3 Å². The summed E-state index contributed by atoms with van der Waals surface area (Å²) in [7, 11) is 1.60. The molecule has 0 amide bonds. The summed E-state index contributed by atoms with van der Waals surface area (Å²) in [5.74, 6) is 1.21. The Balaban J connectivity index is 2.09. The van der Waals surface area contributed by atoms with Gasteiger partial charge in [0.2, 0.25) is 15.1 Å². The predicted molar refractivity (Wildman–Crippen MR) is 72.3 cm³/mol. The zero-order chi connectivity index (χ0) is 12.5. The van der Waals surface area contributed by atoms with Crippen molar-refractivity contribution in [2.24, 2.45) is 4.40 Å². The van der Waals surface area contributed by atoms with Crippen LogP contribution in [0.25, 0.3) is 0 Å². The molecule has 1 heterocycles. The van der Waals surface area contributed by atoms with Gasteiger partial charge in [0.25, 0.3) is 0 Å². The summed E-state index contributed by atoms with van der Waals surface area (Å²) in [5.41, 5.74) is 0.194. The molecular formula is C10H8Cl3NO2S. The van der Waals surface area contributed by atoms with Crippen LogP contribution in [0.1, 0.15) is 5.56 Å². The van der Waals surface area contributed by atoms with E-state index >= 15 is 0 Å². The number of alkyl halides is 3. The standard InChI is InChI=1S/C10H8Cl3NO2S/c1-15-7-4-2-6(3-5-7)8-14-17-9(16-8)10(11,12)13/h2-5,9H,1H3. The van der Waals surface area contributed by atoms with Crippen LogP contribution in [0, 0.1) is 0 Å². The van der Waals surface area contributed by atoms with Crippen LogP contribution in [-0.2, 0) is 4.74 Å². The first kappa shape index (κ1) is 13.1. The summed E-state index contributed by atoms with van der Waals surface area (Å²) in [6.07, 6.45) is 0. The second kappa shape index (κ2) is 5.14. The molecule has 0 spiro atoms. The molecule has 0 saturated carbocycles. The fraction of sp³-hybridized carbons (Fsp3) is 0.300. The fourth-order valence-corrected chi connectivity index (χ4v) is 2.31. The van der Waals surface area contributed by atoms with Gasteiger partial charge in [-0.1, -0.05) is 34.8 Å². The summed E-state index contributed by atoms with van der Waals surface area (Å²) < 4.78 is 13.1. The van der Waals surface area contributed by atoms with Gasteiger partial charge in [0.1, 0.15) is 5.75 Å². The molecule has 0 saturated heterocycles. The van der Waals surface area contributed by atoms with Crippen LogP contribution in [-0.4, -0.2) is 22.2 Å². The van der Waals surface area contributed by atoms with Crippen molar-refractivity contribution >= 4 is 52.6 Å². The zero-order valence-electron chi connectivity index (χ0n) is 8.69. The van der Waals surface area contributed by atoms with Crippen LogP contribution in [0.3, 0.4) is 0 Å². The first-order valence-electron chi connectivity index (χ1n) is 4.62. The molecular weight excluding hydrogens is 305 g/mol. The van der Waals surface area contributed by atoms with Crippen LogP contribution in [0.2, 0.25) is 0 Å². The Kier molecular flexibility index (Phi) is 3.98. The summed E-state index contributed by atoms with van der Waals surface area (Å²) >= 11 is 18.3. The van der Waals surface area contributed by atoms with E-state index in [1.54, 1.807) is 7.11 Å². The normalized spacial score (nSPS) is 19.8. The Bertz CT molecular complexity index is 430. The summed E-state index contributed by atoms with van der Waals surface area (Å²) in [6, 6.07) is 7.29. The van der Waals surface area contributed by atoms with Gasteiger partial charge in [-0.2, -0.15) is 4.40 Å². The van der Waals surface area contributed by atoms with Crippen molar-refractivity contribution < 1.29 is 9.47 Å². The molecule has 7 heteroatoms. The Morgan fingerprint density at radius 2 is 1.94 bits per heavy atom. The number of ether oxygens (including phenoxy) is 2. The molecule has 3 nitrogen and oxygen atoms in total. The highest BCUT2D eigenvalue weighted by molar-refractivity contribution is 7.99. The molecule has 17 heavy (non-hydrogen) atoms. The van der Waals surface area contributed by atoms with Gasteiger partial charge in [-0.05, 0) is 24.3 Å². The van der Waals surface area contributed by atoms with Crippen molar-refractivity contribution in [3.05, 3.63) is 29.8 Å². The third kappa shape index (κ3) is 3.13. The zero-order valence-corrected chi connectivity index (χ0v) is 11.8. The molecule has 0 N–H and O–H groups in total.